The third-order valence-corrected chi connectivity index (χ3v) is 7.60. The average Bonchev–Trinajstić information content (AvgIpc) is 3.23. The molecule has 29 heavy (non-hydrogen) atoms. The minimum absolute atomic E-state index is 0.0666. The van der Waals surface area contributed by atoms with E-state index in [1.807, 2.05) is 36.1 Å². The van der Waals surface area contributed by atoms with Crippen LogP contribution in [0.2, 0.25) is 0 Å². The molecule has 0 N–H and O–H groups in total. The maximum atomic E-state index is 12.9. The normalized spacial score (nSPS) is 24.1. The van der Waals surface area contributed by atoms with Gasteiger partial charge in [-0.3, -0.25) is 9.69 Å². The van der Waals surface area contributed by atoms with Crippen molar-refractivity contribution in [1.29, 1.82) is 0 Å². The number of sulfone groups is 1. The van der Waals surface area contributed by atoms with E-state index in [-0.39, 0.29) is 23.3 Å². The number of carbonyl (C=O) groups is 1. The number of hydrogen-bond acceptors (Lipinski definition) is 6. The minimum Gasteiger partial charge on any atom is -0.478 e. The lowest BCUT2D eigenvalue weighted by atomic mass is 10.0. The lowest BCUT2D eigenvalue weighted by molar-refractivity contribution is 0.0634. The first-order chi connectivity index (χ1) is 13.9. The largest absolute Gasteiger partial charge is 0.478 e. The van der Waals surface area contributed by atoms with E-state index in [4.69, 9.17) is 9.47 Å². The molecule has 0 bridgehead atoms. The molecule has 1 atom stereocenters. The second-order valence-electron chi connectivity index (χ2n) is 7.79. The standard InChI is InChI=1S/C22H21NO5S/c1-14-4-2-3-5-15(14)10-20-21(24)17-6-7-19-18(22(17)28-20)11-23(13-27-19)16-8-9-29(25,26)12-16/h2-7,10,16H,8-9,11-13H2,1H3/b20-10-/t16-/m1/s1. The van der Waals surface area contributed by atoms with Crippen LogP contribution in [0.3, 0.4) is 0 Å². The fourth-order valence-corrected chi connectivity index (χ4v) is 5.92. The molecule has 3 heterocycles. The van der Waals surface area contributed by atoms with Crippen molar-refractivity contribution in [2.75, 3.05) is 18.2 Å². The van der Waals surface area contributed by atoms with Crippen LogP contribution in [0, 0.1) is 6.92 Å². The molecule has 2 aromatic rings. The molecule has 150 valence electrons. The van der Waals surface area contributed by atoms with Crippen molar-refractivity contribution in [3.05, 3.63) is 64.4 Å². The Morgan fingerprint density at radius 2 is 2.00 bits per heavy atom. The zero-order valence-electron chi connectivity index (χ0n) is 16.1. The third kappa shape index (κ3) is 3.24. The van der Waals surface area contributed by atoms with Crippen molar-refractivity contribution in [1.82, 2.24) is 4.90 Å². The van der Waals surface area contributed by atoms with E-state index in [1.54, 1.807) is 18.2 Å². The summed E-state index contributed by atoms with van der Waals surface area (Å²) in [4.78, 5) is 14.9. The summed E-state index contributed by atoms with van der Waals surface area (Å²) in [5.74, 6) is 1.73. The van der Waals surface area contributed by atoms with Crippen LogP contribution < -0.4 is 9.47 Å². The Kier molecular flexibility index (Phi) is 4.26. The van der Waals surface area contributed by atoms with E-state index >= 15 is 0 Å². The summed E-state index contributed by atoms with van der Waals surface area (Å²) < 4.78 is 35.6. The minimum atomic E-state index is -2.98. The number of rotatable bonds is 2. The summed E-state index contributed by atoms with van der Waals surface area (Å²) in [6.45, 7) is 2.83. The Bertz CT molecular complexity index is 1150. The lowest BCUT2D eigenvalue weighted by Gasteiger charge is -2.33. The number of allylic oxidation sites excluding steroid dienone is 1. The summed E-state index contributed by atoms with van der Waals surface area (Å²) in [7, 11) is -2.98. The molecule has 6 nitrogen and oxygen atoms in total. The molecule has 0 spiro atoms. The van der Waals surface area contributed by atoms with Gasteiger partial charge in [-0.1, -0.05) is 24.3 Å². The molecule has 1 saturated heterocycles. The van der Waals surface area contributed by atoms with Gasteiger partial charge >= 0.3 is 0 Å². The zero-order valence-corrected chi connectivity index (χ0v) is 16.9. The summed E-state index contributed by atoms with van der Waals surface area (Å²) in [6.07, 6.45) is 2.38. The van der Waals surface area contributed by atoms with Crippen molar-refractivity contribution in [3.8, 4) is 11.5 Å². The molecule has 0 amide bonds. The fourth-order valence-electron chi connectivity index (χ4n) is 4.16. The molecule has 0 aliphatic carbocycles. The first-order valence-corrected chi connectivity index (χ1v) is 11.5. The van der Waals surface area contributed by atoms with E-state index < -0.39 is 9.84 Å². The molecule has 0 aromatic heterocycles. The molecule has 3 aliphatic heterocycles. The Labute approximate surface area is 169 Å². The van der Waals surface area contributed by atoms with Gasteiger partial charge in [0.25, 0.3) is 0 Å². The van der Waals surface area contributed by atoms with E-state index in [2.05, 4.69) is 0 Å². The highest BCUT2D eigenvalue weighted by Gasteiger charge is 2.38. The Hall–Kier alpha value is -2.64. The molecule has 2 aromatic carbocycles. The SMILES string of the molecule is Cc1ccccc1/C=C1\Oc2c(ccc3c2CN([C@@H]2CCS(=O)(=O)C2)CO3)C1=O. The van der Waals surface area contributed by atoms with Gasteiger partial charge < -0.3 is 9.47 Å². The Morgan fingerprint density at radius 3 is 2.76 bits per heavy atom. The third-order valence-electron chi connectivity index (χ3n) is 5.84. The van der Waals surface area contributed by atoms with Crippen LogP contribution in [0.25, 0.3) is 6.08 Å². The monoisotopic (exact) mass is 411 g/mol. The van der Waals surface area contributed by atoms with Crippen molar-refractivity contribution in [2.24, 2.45) is 0 Å². The molecule has 0 radical (unpaired) electrons. The van der Waals surface area contributed by atoms with Crippen molar-refractivity contribution in [3.63, 3.8) is 0 Å². The molecule has 5 rings (SSSR count). The van der Waals surface area contributed by atoms with E-state index in [9.17, 15) is 13.2 Å². The summed E-state index contributed by atoms with van der Waals surface area (Å²) in [6, 6.07) is 11.3. The number of Topliss-reactive ketones (excluding diaryl/α,β-unsaturated/α-hetero) is 1. The molecular formula is C22H21NO5S. The molecule has 3 aliphatic rings. The number of hydrogen-bond donors (Lipinski definition) is 0. The van der Waals surface area contributed by atoms with Gasteiger partial charge in [0.05, 0.1) is 22.6 Å². The second-order valence-corrected chi connectivity index (χ2v) is 10.0. The van der Waals surface area contributed by atoms with Crippen LogP contribution in [0.4, 0.5) is 0 Å². The van der Waals surface area contributed by atoms with Gasteiger partial charge in [0.15, 0.2) is 15.6 Å². The van der Waals surface area contributed by atoms with Crippen molar-refractivity contribution >= 4 is 21.7 Å². The predicted molar refractivity (Wildman–Crippen MR) is 109 cm³/mol. The number of nitrogens with zero attached hydrogens (tertiary/aromatic N) is 1. The first-order valence-electron chi connectivity index (χ1n) is 9.64. The van der Waals surface area contributed by atoms with Crippen LogP contribution >= 0.6 is 0 Å². The van der Waals surface area contributed by atoms with E-state index in [0.29, 0.717) is 42.5 Å². The van der Waals surface area contributed by atoms with Crippen LogP contribution in [0.15, 0.2) is 42.2 Å². The smallest absolute Gasteiger partial charge is 0.231 e. The zero-order chi connectivity index (χ0) is 20.2. The molecular weight excluding hydrogens is 390 g/mol. The van der Waals surface area contributed by atoms with Gasteiger partial charge in [-0.05, 0) is 42.7 Å². The second kappa shape index (κ2) is 6.71. The average molecular weight is 411 g/mol. The topological polar surface area (TPSA) is 72.9 Å². The maximum Gasteiger partial charge on any atom is 0.231 e. The summed E-state index contributed by atoms with van der Waals surface area (Å²) in [5, 5.41) is 0. The molecule has 1 fully saturated rings. The van der Waals surface area contributed by atoms with Gasteiger partial charge in [0.2, 0.25) is 5.78 Å². The summed E-state index contributed by atoms with van der Waals surface area (Å²) >= 11 is 0. The molecule has 7 heteroatoms. The highest BCUT2D eigenvalue weighted by atomic mass is 32.2. The molecule has 0 unspecified atom stereocenters. The van der Waals surface area contributed by atoms with Crippen LogP contribution in [0.5, 0.6) is 11.5 Å². The van der Waals surface area contributed by atoms with Gasteiger partial charge in [-0.15, -0.1) is 0 Å². The van der Waals surface area contributed by atoms with Crippen LogP contribution in [0.1, 0.15) is 33.5 Å². The number of carbonyl (C=O) groups excluding carboxylic acids is 1. The number of aryl methyl sites for hydroxylation is 1. The fraction of sp³-hybridized carbons (Fsp3) is 0.318. The number of ketones is 1. The Balaban J connectivity index is 1.47. The highest BCUT2D eigenvalue weighted by molar-refractivity contribution is 7.91. The van der Waals surface area contributed by atoms with E-state index in [1.165, 1.54) is 0 Å². The van der Waals surface area contributed by atoms with Crippen molar-refractivity contribution < 1.29 is 22.7 Å². The lowest BCUT2D eigenvalue weighted by Crippen LogP contribution is -2.41. The number of ether oxygens (including phenoxy) is 2. The van der Waals surface area contributed by atoms with Crippen LogP contribution in [-0.4, -0.2) is 43.4 Å². The van der Waals surface area contributed by atoms with Crippen molar-refractivity contribution in [2.45, 2.75) is 25.9 Å². The maximum absolute atomic E-state index is 12.9. The van der Waals surface area contributed by atoms with E-state index in [0.717, 1.165) is 16.7 Å². The summed E-state index contributed by atoms with van der Waals surface area (Å²) in [5.41, 5.74) is 3.32. The Morgan fingerprint density at radius 1 is 1.17 bits per heavy atom. The van der Waals surface area contributed by atoms with Gasteiger partial charge in [0, 0.05) is 12.6 Å². The number of benzene rings is 2. The quantitative estimate of drug-likeness (QED) is 0.708. The van der Waals surface area contributed by atoms with Gasteiger partial charge in [-0.25, -0.2) is 8.42 Å². The number of fused-ring (bicyclic) bond motifs is 3. The molecule has 0 saturated carbocycles. The predicted octanol–water partition coefficient (Wildman–Crippen LogP) is 2.95. The van der Waals surface area contributed by atoms with Gasteiger partial charge in [-0.2, -0.15) is 0 Å². The first kappa shape index (κ1) is 18.4. The van der Waals surface area contributed by atoms with Gasteiger partial charge in [0.1, 0.15) is 18.2 Å². The van der Waals surface area contributed by atoms with Crippen LogP contribution in [-0.2, 0) is 16.4 Å². The highest BCUT2D eigenvalue weighted by Crippen LogP contribution is 2.42.